The zero-order chi connectivity index (χ0) is 15.5. The second kappa shape index (κ2) is 5.89. The molecule has 4 amide bonds. The van der Waals surface area contributed by atoms with Crippen LogP contribution in [0.25, 0.3) is 0 Å². The Balaban J connectivity index is 2.72. The summed E-state index contributed by atoms with van der Waals surface area (Å²) in [6.07, 6.45) is 0.370. The highest BCUT2D eigenvalue weighted by atomic mass is 16.4. The summed E-state index contributed by atoms with van der Waals surface area (Å²) in [7, 11) is 0. The van der Waals surface area contributed by atoms with Crippen LogP contribution in [0.4, 0.5) is 4.79 Å². The number of nitrogens with zero attached hydrogens (tertiary/aromatic N) is 1. The largest absolute Gasteiger partial charge is 0.481 e. The number of imide groups is 1. The summed E-state index contributed by atoms with van der Waals surface area (Å²) >= 11 is 0. The molecular weight excluding hydrogens is 266 g/mol. The first kappa shape index (κ1) is 15.9. The van der Waals surface area contributed by atoms with E-state index in [2.05, 4.69) is 10.6 Å². The molecule has 112 valence electrons. The molecule has 1 fully saturated rings. The van der Waals surface area contributed by atoms with Crippen LogP contribution in [-0.2, 0) is 14.4 Å². The number of carbonyl (C=O) groups is 4. The Labute approximate surface area is 116 Å². The first-order valence-electron chi connectivity index (χ1n) is 6.30. The highest BCUT2D eigenvalue weighted by Gasteiger charge is 2.36. The van der Waals surface area contributed by atoms with Crippen LogP contribution < -0.4 is 10.6 Å². The molecule has 0 spiro atoms. The van der Waals surface area contributed by atoms with Gasteiger partial charge in [-0.2, -0.15) is 0 Å². The Morgan fingerprint density at radius 1 is 1.45 bits per heavy atom. The molecule has 0 radical (unpaired) electrons. The van der Waals surface area contributed by atoms with Crippen LogP contribution in [-0.4, -0.2) is 53.0 Å². The van der Waals surface area contributed by atoms with E-state index in [0.29, 0.717) is 6.42 Å². The van der Waals surface area contributed by atoms with E-state index in [-0.39, 0.29) is 13.1 Å². The average Bonchev–Trinajstić information content (AvgIpc) is 2.35. The lowest BCUT2D eigenvalue weighted by molar-refractivity contribution is -0.146. The van der Waals surface area contributed by atoms with Crippen molar-refractivity contribution < 1.29 is 24.3 Å². The van der Waals surface area contributed by atoms with Crippen LogP contribution in [0.2, 0.25) is 0 Å². The fourth-order valence-electron chi connectivity index (χ4n) is 1.76. The minimum atomic E-state index is -1.13. The fraction of sp³-hybridized carbons (Fsp3) is 0.667. The van der Waals surface area contributed by atoms with Crippen molar-refractivity contribution in [1.82, 2.24) is 15.5 Å². The number of rotatable bonds is 4. The molecule has 1 aliphatic rings. The summed E-state index contributed by atoms with van der Waals surface area (Å²) in [5, 5.41) is 13.6. The van der Waals surface area contributed by atoms with Gasteiger partial charge in [-0.3, -0.25) is 19.7 Å². The molecule has 1 heterocycles. The molecule has 0 aromatic rings. The number of carboxylic acids is 1. The molecule has 0 aromatic heterocycles. The van der Waals surface area contributed by atoms with Crippen LogP contribution in [0.1, 0.15) is 27.2 Å². The third kappa shape index (κ3) is 3.46. The number of nitrogens with one attached hydrogen (secondary N) is 2. The van der Waals surface area contributed by atoms with E-state index < -0.39 is 35.3 Å². The molecule has 1 saturated heterocycles. The van der Waals surface area contributed by atoms with Gasteiger partial charge in [0.05, 0.1) is 5.41 Å². The molecule has 0 bridgehead atoms. The van der Waals surface area contributed by atoms with E-state index in [1.807, 2.05) is 0 Å². The maximum atomic E-state index is 12.0. The van der Waals surface area contributed by atoms with Gasteiger partial charge in [0.2, 0.25) is 11.8 Å². The lowest BCUT2D eigenvalue weighted by atomic mass is 9.94. The standard InChI is InChI=1S/C12H19N3O5/c1-4-7-9(17)14-8(16)5-15(7)11(20)13-6-12(2,3)10(18)19/h7H,4-6H2,1-3H3,(H,13,20)(H,18,19)(H,14,16,17). The molecule has 8 heteroatoms. The van der Waals surface area contributed by atoms with Gasteiger partial charge in [0.1, 0.15) is 12.6 Å². The van der Waals surface area contributed by atoms with Gasteiger partial charge in [-0.1, -0.05) is 6.92 Å². The van der Waals surface area contributed by atoms with Crippen molar-refractivity contribution in [3.8, 4) is 0 Å². The maximum absolute atomic E-state index is 12.0. The summed E-state index contributed by atoms with van der Waals surface area (Å²) in [5.41, 5.74) is -1.13. The van der Waals surface area contributed by atoms with Crippen molar-refractivity contribution in [1.29, 1.82) is 0 Å². The number of hydrogen-bond donors (Lipinski definition) is 3. The smallest absolute Gasteiger partial charge is 0.318 e. The first-order valence-corrected chi connectivity index (χ1v) is 6.30. The van der Waals surface area contributed by atoms with Crippen LogP contribution >= 0.6 is 0 Å². The highest BCUT2D eigenvalue weighted by molar-refractivity contribution is 6.04. The third-order valence-corrected chi connectivity index (χ3v) is 3.16. The Bertz CT molecular complexity index is 446. The molecule has 0 aromatic carbocycles. The second-order valence-corrected chi connectivity index (χ2v) is 5.31. The lowest BCUT2D eigenvalue weighted by Crippen LogP contribution is -2.62. The Morgan fingerprint density at radius 3 is 2.55 bits per heavy atom. The SMILES string of the molecule is CCC1C(=O)NC(=O)CN1C(=O)NCC(C)(C)C(=O)O. The number of aliphatic carboxylic acids is 1. The number of piperazine rings is 1. The monoisotopic (exact) mass is 285 g/mol. The van der Waals surface area contributed by atoms with E-state index in [4.69, 9.17) is 5.11 Å². The third-order valence-electron chi connectivity index (χ3n) is 3.16. The maximum Gasteiger partial charge on any atom is 0.318 e. The molecular formula is C12H19N3O5. The number of amides is 4. The number of urea groups is 1. The average molecular weight is 285 g/mol. The Hall–Kier alpha value is -2.12. The van der Waals surface area contributed by atoms with E-state index in [0.717, 1.165) is 4.90 Å². The summed E-state index contributed by atoms with van der Waals surface area (Å²) in [5.74, 6) is -2.11. The van der Waals surface area contributed by atoms with E-state index in [1.165, 1.54) is 13.8 Å². The molecule has 1 unspecified atom stereocenters. The van der Waals surface area contributed by atoms with Crippen LogP contribution in [0.5, 0.6) is 0 Å². The summed E-state index contributed by atoms with van der Waals surface area (Å²) < 4.78 is 0. The quantitative estimate of drug-likeness (QED) is 0.605. The van der Waals surface area contributed by atoms with Gasteiger partial charge in [0.25, 0.3) is 0 Å². The number of carbonyl (C=O) groups excluding carboxylic acids is 3. The van der Waals surface area contributed by atoms with Gasteiger partial charge < -0.3 is 15.3 Å². The van der Waals surface area contributed by atoms with Crippen molar-refractivity contribution in [3.05, 3.63) is 0 Å². The second-order valence-electron chi connectivity index (χ2n) is 5.31. The first-order chi connectivity index (χ1) is 9.19. The van der Waals surface area contributed by atoms with Crippen molar-refractivity contribution in [2.75, 3.05) is 13.1 Å². The van der Waals surface area contributed by atoms with Crippen molar-refractivity contribution in [2.24, 2.45) is 5.41 Å². The number of carboxylic acid groups (broad SMARTS) is 1. The predicted octanol–water partition coefficient (Wildman–Crippen LogP) is -0.456. The number of hydrogen-bond acceptors (Lipinski definition) is 4. The molecule has 8 nitrogen and oxygen atoms in total. The van der Waals surface area contributed by atoms with Gasteiger partial charge in [-0.05, 0) is 20.3 Å². The minimum absolute atomic E-state index is 0.0933. The van der Waals surface area contributed by atoms with E-state index in [1.54, 1.807) is 6.92 Å². The molecule has 1 aliphatic heterocycles. The van der Waals surface area contributed by atoms with Gasteiger partial charge in [0, 0.05) is 6.54 Å². The Kier molecular flexibility index (Phi) is 4.69. The Morgan fingerprint density at radius 2 is 2.05 bits per heavy atom. The van der Waals surface area contributed by atoms with Crippen molar-refractivity contribution >= 4 is 23.8 Å². The van der Waals surface area contributed by atoms with Crippen LogP contribution in [0.15, 0.2) is 0 Å². The van der Waals surface area contributed by atoms with E-state index >= 15 is 0 Å². The molecule has 1 rings (SSSR count). The van der Waals surface area contributed by atoms with Crippen LogP contribution in [0, 0.1) is 5.41 Å². The minimum Gasteiger partial charge on any atom is -0.481 e. The van der Waals surface area contributed by atoms with Crippen LogP contribution in [0.3, 0.4) is 0 Å². The molecule has 1 atom stereocenters. The van der Waals surface area contributed by atoms with E-state index in [9.17, 15) is 19.2 Å². The fourth-order valence-corrected chi connectivity index (χ4v) is 1.76. The van der Waals surface area contributed by atoms with Gasteiger partial charge in [-0.25, -0.2) is 4.79 Å². The van der Waals surface area contributed by atoms with Crippen molar-refractivity contribution in [2.45, 2.75) is 33.2 Å². The summed E-state index contributed by atoms with van der Waals surface area (Å²) in [6.45, 7) is 4.36. The van der Waals surface area contributed by atoms with Gasteiger partial charge in [0.15, 0.2) is 0 Å². The normalized spacial score (nSPS) is 19.6. The molecule has 0 aliphatic carbocycles. The summed E-state index contributed by atoms with van der Waals surface area (Å²) in [6, 6.07) is -1.34. The lowest BCUT2D eigenvalue weighted by Gasteiger charge is -2.34. The molecule has 0 saturated carbocycles. The molecule has 20 heavy (non-hydrogen) atoms. The summed E-state index contributed by atoms with van der Waals surface area (Å²) in [4.78, 5) is 47.0. The van der Waals surface area contributed by atoms with Gasteiger partial charge >= 0.3 is 12.0 Å². The zero-order valence-corrected chi connectivity index (χ0v) is 11.7. The highest BCUT2D eigenvalue weighted by Crippen LogP contribution is 2.14. The van der Waals surface area contributed by atoms with Gasteiger partial charge in [-0.15, -0.1) is 0 Å². The predicted molar refractivity (Wildman–Crippen MR) is 68.8 cm³/mol. The zero-order valence-electron chi connectivity index (χ0n) is 11.7. The molecule has 3 N–H and O–H groups in total. The topological polar surface area (TPSA) is 116 Å². The van der Waals surface area contributed by atoms with Crippen molar-refractivity contribution in [3.63, 3.8) is 0 Å².